The Balaban J connectivity index is 2.04. The summed E-state index contributed by atoms with van der Waals surface area (Å²) in [6, 6.07) is 7.26. The second-order valence-electron chi connectivity index (χ2n) is 4.87. The molecule has 2 N–H and O–H groups in total. The monoisotopic (exact) mass is 247 g/mol. The van der Waals surface area contributed by atoms with E-state index >= 15 is 0 Å². The lowest BCUT2D eigenvalue weighted by atomic mass is 9.92. The third-order valence-electron chi connectivity index (χ3n) is 3.68. The van der Waals surface area contributed by atoms with Crippen LogP contribution in [0.3, 0.4) is 0 Å². The molecule has 2 atom stereocenters. The van der Waals surface area contributed by atoms with E-state index < -0.39 is 0 Å². The van der Waals surface area contributed by atoms with E-state index in [-0.39, 0.29) is 0 Å². The lowest BCUT2D eigenvalue weighted by molar-refractivity contribution is 0.173. The fourth-order valence-electron chi connectivity index (χ4n) is 2.65. The molecule has 2 aromatic rings. The number of benzene rings is 1. The summed E-state index contributed by atoms with van der Waals surface area (Å²) in [6.45, 7) is 1.08. The summed E-state index contributed by atoms with van der Waals surface area (Å²) in [5.74, 6) is 0. The standard InChI is InChI=1S/C13H17N3S/c1-16-6-5-10(14)7-12(16)11-4-2-3-9-8-15-17-13(9)11/h2-4,8,10,12H,5-7,14H2,1H3. The number of likely N-dealkylation sites (tertiary alicyclic amines) is 1. The molecule has 3 nitrogen and oxygen atoms in total. The molecule has 0 saturated carbocycles. The van der Waals surface area contributed by atoms with Gasteiger partial charge in [0.05, 0.1) is 4.70 Å². The highest BCUT2D eigenvalue weighted by molar-refractivity contribution is 7.13. The normalized spacial score (nSPS) is 26.5. The molecule has 1 aromatic carbocycles. The summed E-state index contributed by atoms with van der Waals surface area (Å²) in [6.07, 6.45) is 4.10. The molecule has 0 amide bonds. The topological polar surface area (TPSA) is 42.1 Å². The molecule has 0 aliphatic carbocycles. The molecular formula is C13H17N3S. The fraction of sp³-hybridized carbons (Fsp3) is 0.462. The summed E-state index contributed by atoms with van der Waals surface area (Å²) < 4.78 is 5.61. The van der Waals surface area contributed by atoms with Crippen LogP contribution in [0.1, 0.15) is 24.4 Å². The van der Waals surface area contributed by atoms with Crippen molar-refractivity contribution in [3.63, 3.8) is 0 Å². The number of nitrogens with zero attached hydrogens (tertiary/aromatic N) is 2. The first-order chi connectivity index (χ1) is 8.25. The third kappa shape index (κ3) is 1.97. The van der Waals surface area contributed by atoms with Crippen LogP contribution < -0.4 is 5.73 Å². The minimum absolute atomic E-state index is 0.333. The molecule has 3 rings (SSSR count). The third-order valence-corrected chi connectivity index (χ3v) is 4.55. The molecule has 1 aliphatic rings. The van der Waals surface area contributed by atoms with Crippen LogP contribution >= 0.6 is 11.5 Å². The first-order valence-electron chi connectivity index (χ1n) is 6.05. The Bertz CT molecular complexity index is 522. The number of hydrogen-bond donors (Lipinski definition) is 1. The number of piperidine rings is 1. The van der Waals surface area contributed by atoms with Crippen LogP contribution in [0.2, 0.25) is 0 Å². The molecule has 4 heteroatoms. The van der Waals surface area contributed by atoms with Crippen molar-refractivity contribution in [3.8, 4) is 0 Å². The molecule has 0 radical (unpaired) electrons. The van der Waals surface area contributed by atoms with Gasteiger partial charge in [-0.15, -0.1) is 0 Å². The summed E-state index contributed by atoms with van der Waals surface area (Å²) >= 11 is 1.59. The van der Waals surface area contributed by atoms with Crippen LogP contribution in [0.25, 0.3) is 10.1 Å². The minimum Gasteiger partial charge on any atom is -0.328 e. The molecule has 2 unspecified atom stereocenters. The van der Waals surface area contributed by atoms with Crippen LogP contribution in [-0.2, 0) is 0 Å². The summed E-state index contributed by atoms with van der Waals surface area (Å²) in [5, 5.41) is 1.25. The maximum Gasteiger partial charge on any atom is 0.0597 e. The van der Waals surface area contributed by atoms with Gasteiger partial charge >= 0.3 is 0 Å². The first kappa shape index (κ1) is 11.1. The number of fused-ring (bicyclic) bond motifs is 1. The number of hydrogen-bond acceptors (Lipinski definition) is 4. The second kappa shape index (κ2) is 4.37. The second-order valence-corrected chi connectivity index (χ2v) is 5.67. The SMILES string of the molecule is CN1CCC(N)CC1c1cccc2cnsc12. The molecule has 0 spiro atoms. The summed E-state index contributed by atoms with van der Waals surface area (Å²) in [7, 11) is 2.19. The Morgan fingerprint density at radius 1 is 1.47 bits per heavy atom. The Morgan fingerprint density at radius 2 is 2.35 bits per heavy atom. The number of aromatic nitrogens is 1. The Morgan fingerprint density at radius 3 is 3.24 bits per heavy atom. The van der Waals surface area contributed by atoms with Crippen LogP contribution in [0, 0.1) is 0 Å². The molecule has 1 saturated heterocycles. The maximum atomic E-state index is 6.11. The number of rotatable bonds is 1. The largest absolute Gasteiger partial charge is 0.328 e. The number of nitrogens with two attached hydrogens (primary N) is 1. The molecule has 2 heterocycles. The van der Waals surface area contributed by atoms with Crippen molar-refractivity contribution >= 4 is 21.6 Å². The van der Waals surface area contributed by atoms with Gasteiger partial charge in [0.1, 0.15) is 0 Å². The molecule has 17 heavy (non-hydrogen) atoms. The van der Waals surface area contributed by atoms with E-state index in [4.69, 9.17) is 5.73 Å². The lowest BCUT2D eigenvalue weighted by Crippen LogP contribution is -2.39. The van der Waals surface area contributed by atoms with E-state index in [2.05, 4.69) is 34.5 Å². The van der Waals surface area contributed by atoms with Gasteiger partial charge < -0.3 is 5.73 Å². The quantitative estimate of drug-likeness (QED) is 0.841. The Hall–Kier alpha value is -0.970. The zero-order chi connectivity index (χ0) is 11.8. The van der Waals surface area contributed by atoms with Crippen molar-refractivity contribution in [1.29, 1.82) is 0 Å². The van der Waals surface area contributed by atoms with E-state index in [0.29, 0.717) is 12.1 Å². The Kier molecular flexibility index (Phi) is 2.86. The predicted octanol–water partition coefficient (Wildman–Crippen LogP) is 2.39. The smallest absolute Gasteiger partial charge is 0.0597 e. The maximum absolute atomic E-state index is 6.11. The van der Waals surface area contributed by atoms with Crippen molar-refractivity contribution in [3.05, 3.63) is 30.0 Å². The molecule has 1 aromatic heterocycles. The van der Waals surface area contributed by atoms with E-state index in [1.54, 1.807) is 11.5 Å². The van der Waals surface area contributed by atoms with Gasteiger partial charge in [-0.1, -0.05) is 18.2 Å². The van der Waals surface area contributed by atoms with E-state index in [0.717, 1.165) is 19.4 Å². The van der Waals surface area contributed by atoms with Crippen molar-refractivity contribution in [2.75, 3.05) is 13.6 Å². The highest BCUT2D eigenvalue weighted by Crippen LogP contribution is 2.35. The summed E-state index contributed by atoms with van der Waals surface area (Å²) in [4.78, 5) is 2.41. The van der Waals surface area contributed by atoms with Crippen LogP contribution in [0.5, 0.6) is 0 Å². The first-order valence-corrected chi connectivity index (χ1v) is 6.82. The zero-order valence-electron chi connectivity index (χ0n) is 9.97. The van der Waals surface area contributed by atoms with Gasteiger partial charge in [-0.2, -0.15) is 4.37 Å². The van der Waals surface area contributed by atoms with Crippen molar-refractivity contribution in [2.45, 2.75) is 24.9 Å². The van der Waals surface area contributed by atoms with Crippen molar-refractivity contribution < 1.29 is 0 Å². The minimum atomic E-state index is 0.333. The van der Waals surface area contributed by atoms with Crippen LogP contribution in [0.4, 0.5) is 0 Å². The van der Waals surface area contributed by atoms with E-state index in [9.17, 15) is 0 Å². The van der Waals surface area contributed by atoms with Gasteiger partial charge in [0.25, 0.3) is 0 Å². The molecule has 1 fully saturated rings. The Labute approximate surface area is 105 Å². The van der Waals surface area contributed by atoms with Gasteiger partial charge in [-0.05, 0) is 43.5 Å². The predicted molar refractivity (Wildman–Crippen MR) is 72.2 cm³/mol. The fourth-order valence-corrected chi connectivity index (χ4v) is 3.46. The van der Waals surface area contributed by atoms with Crippen LogP contribution in [0.15, 0.2) is 24.4 Å². The van der Waals surface area contributed by atoms with Gasteiger partial charge in [0.2, 0.25) is 0 Å². The molecule has 90 valence electrons. The molecule has 1 aliphatic heterocycles. The highest BCUT2D eigenvalue weighted by atomic mass is 32.1. The molecular weight excluding hydrogens is 230 g/mol. The van der Waals surface area contributed by atoms with E-state index in [1.165, 1.54) is 15.6 Å². The van der Waals surface area contributed by atoms with Gasteiger partial charge in [0, 0.05) is 23.7 Å². The van der Waals surface area contributed by atoms with Crippen LogP contribution in [-0.4, -0.2) is 28.9 Å². The van der Waals surface area contributed by atoms with Gasteiger partial charge in [-0.3, -0.25) is 4.90 Å². The van der Waals surface area contributed by atoms with Gasteiger partial charge in [0.15, 0.2) is 0 Å². The lowest BCUT2D eigenvalue weighted by Gasteiger charge is -2.36. The average Bonchev–Trinajstić information content (AvgIpc) is 2.80. The van der Waals surface area contributed by atoms with E-state index in [1.807, 2.05) is 6.20 Å². The summed E-state index contributed by atoms with van der Waals surface area (Å²) in [5.41, 5.74) is 7.50. The zero-order valence-corrected chi connectivity index (χ0v) is 10.8. The van der Waals surface area contributed by atoms with Crippen molar-refractivity contribution in [1.82, 2.24) is 9.27 Å². The highest BCUT2D eigenvalue weighted by Gasteiger charge is 2.26. The molecule has 0 bridgehead atoms. The van der Waals surface area contributed by atoms with Crippen molar-refractivity contribution in [2.24, 2.45) is 5.73 Å². The van der Waals surface area contributed by atoms with Gasteiger partial charge in [-0.25, -0.2) is 0 Å². The average molecular weight is 247 g/mol.